The Kier molecular flexibility index (Phi) is 5.19. The third-order valence-electron chi connectivity index (χ3n) is 4.91. The molecule has 0 saturated heterocycles. The first-order chi connectivity index (χ1) is 14.0. The number of hydrogen-bond donors (Lipinski definition) is 1. The van der Waals surface area contributed by atoms with Gasteiger partial charge in [0.25, 0.3) is 5.91 Å². The van der Waals surface area contributed by atoms with Crippen LogP contribution in [0.4, 0.5) is 11.4 Å². The molecule has 1 amide bonds. The Labute approximate surface area is 174 Å². The number of imidazole rings is 1. The molecule has 4 rings (SSSR count). The SMILES string of the molecule is C/C(C(=O)N(c1ccccc1)c1ccccc1)=C(/C)c1nc2ccc(Cl)cc2[nH]1. The van der Waals surface area contributed by atoms with Gasteiger partial charge in [0.2, 0.25) is 0 Å². The molecule has 0 radical (unpaired) electrons. The fourth-order valence-corrected chi connectivity index (χ4v) is 3.37. The maximum atomic E-state index is 13.5. The Morgan fingerprint density at radius 2 is 1.48 bits per heavy atom. The van der Waals surface area contributed by atoms with Crippen LogP contribution in [0.3, 0.4) is 0 Å². The number of aromatic nitrogens is 2. The predicted molar refractivity (Wildman–Crippen MR) is 119 cm³/mol. The van der Waals surface area contributed by atoms with Crippen LogP contribution in [-0.2, 0) is 4.79 Å². The summed E-state index contributed by atoms with van der Waals surface area (Å²) in [5.74, 6) is 0.563. The molecule has 0 bridgehead atoms. The summed E-state index contributed by atoms with van der Waals surface area (Å²) in [6.07, 6.45) is 0. The molecule has 0 atom stereocenters. The van der Waals surface area contributed by atoms with Gasteiger partial charge in [-0.25, -0.2) is 4.98 Å². The van der Waals surface area contributed by atoms with E-state index in [1.165, 1.54) is 0 Å². The summed E-state index contributed by atoms with van der Waals surface area (Å²) in [6.45, 7) is 3.73. The minimum atomic E-state index is -0.0987. The zero-order chi connectivity index (χ0) is 20.4. The number of benzene rings is 3. The molecular formula is C24H20ClN3O. The second kappa shape index (κ2) is 7.94. The molecular weight excluding hydrogens is 382 g/mol. The molecule has 144 valence electrons. The number of H-pyrrole nitrogens is 1. The number of amides is 1. The first kappa shape index (κ1) is 19.0. The summed E-state index contributed by atoms with van der Waals surface area (Å²) in [5.41, 5.74) is 4.68. The number of nitrogens with one attached hydrogen (secondary N) is 1. The van der Waals surface area contributed by atoms with Crippen LogP contribution in [-0.4, -0.2) is 15.9 Å². The highest BCUT2D eigenvalue weighted by molar-refractivity contribution is 6.31. The highest BCUT2D eigenvalue weighted by atomic mass is 35.5. The molecule has 0 spiro atoms. The van der Waals surface area contributed by atoms with Gasteiger partial charge in [-0.15, -0.1) is 0 Å². The Bertz CT molecular complexity index is 1160. The number of anilines is 2. The lowest BCUT2D eigenvalue weighted by atomic mass is 10.1. The van der Waals surface area contributed by atoms with Crippen LogP contribution in [0.25, 0.3) is 16.6 Å². The van der Waals surface area contributed by atoms with Crippen molar-refractivity contribution < 1.29 is 4.79 Å². The highest BCUT2D eigenvalue weighted by Gasteiger charge is 2.22. The average Bonchev–Trinajstić information content (AvgIpc) is 3.17. The zero-order valence-corrected chi connectivity index (χ0v) is 16.9. The summed E-state index contributed by atoms with van der Waals surface area (Å²) < 4.78 is 0. The third-order valence-corrected chi connectivity index (χ3v) is 5.15. The largest absolute Gasteiger partial charge is 0.338 e. The quantitative estimate of drug-likeness (QED) is 0.403. The normalized spacial score (nSPS) is 12.0. The van der Waals surface area contributed by atoms with Crippen molar-refractivity contribution in [1.29, 1.82) is 0 Å². The van der Waals surface area contributed by atoms with Crippen LogP contribution < -0.4 is 4.90 Å². The minimum Gasteiger partial charge on any atom is -0.338 e. The molecule has 0 fully saturated rings. The molecule has 0 aliphatic carbocycles. The van der Waals surface area contributed by atoms with E-state index in [-0.39, 0.29) is 5.91 Å². The Morgan fingerprint density at radius 3 is 2.07 bits per heavy atom. The molecule has 1 heterocycles. The summed E-state index contributed by atoms with van der Waals surface area (Å²) in [7, 11) is 0. The predicted octanol–water partition coefficient (Wildman–Crippen LogP) is 6.37. The second-order valence-corrected chi connectivity index (χ2v) is 7.24. The van der Waals surface area contributed by atoms with Crippen LogP contribution in [0.1, 0.15) is 19.7 Å². The lowest BCUT2D eigenvalue weighted by molar-refractivity contribution is -0.114. The van der Waals surface area contributed by atoms with Crippen LogP contribution in [0.15, 0.2) is 84.4 Å². The number of aromatic amines is 1. The Hall–Kier alpha value is -3.37. The lowest BCUT2D eigenvalue weighted by Gasteiger charge is -2.24. The van der Waals surface area contributed by atoms with Crippen LogP contribution in [0, 0.1) is 0 Å². The number of hydrogen-bond acceptors (Lipinski definition) is 2. The van der Waals surface area contributed by atoms with Crippen molar-refractivity contribution in [1.82, 2.24) is 9.97 Å². The van der Waals surface area contributed by atoms with Gasteiger partial charge in [-0.1, -0.05) is 48.0 Å². The van der Waals surface area contributed by atoms with Crippen molar-refractivity contribution in [3.8, 4) is 0 Å². The molecule has 1 aromatic heterocycles. The maximum absolute atomic E-state index is 13.5. The third kappa shape index (κ3) is 3.80. The van der Waals surface area contributed by atoms with Gasteiger partial charge < -0.3 is 4.98 Å². The first-order valence-corrected chi connectivity index (χ1v) is 9.70. The summed E-state index contributed by atoms with van der Waals surface area (Å²) in [4.78, 5) is 23.1. The van der Waals surface area contributed by atoms with Gasteiger partial charge in [-0.3, -0.25) is 9.69 Å². The van der Waals surface area contributed by atoms with E-state index in [2.05, 4.69) is 9.97 Å². The van der Waals surface area contributed by atoms with Crippen LogP contribution in [0.5, 0.6) is 0 Å². The molecule has 0 aliphatic rings. The topological polar surface area (TPSA) is 49.0 Å². The molecule has 0 aliphatic heterocycles. The standard InChI is InChI=1S/C24H20ClN3O/c1-16(23-26-21-14-13-18(25)15-22(21)27-23)17(2)24(29)28(19-9-5-3-6-10-19)20-11-7-4-8-12-20/h3-15H,1-2H3,(H,26,27)/b17-16+. The van der Waals surface area contributed by atoms with E-state index in [4.69, 9.17) is 11.6 Å². The fourth-order valence-electron chi connectivity index (χ4n) is 3.20. The number of halogens is 1. The number of allylic oxidation sites excluding steroid dienone is 1. The lowest BCUT2D eigenvalue weighted by Crippen LogP contribution is -2.27. The van der Waals surface area contributed by atoms with Gasteiger partial charge in [-0.2, -0.15) is 0 Å². The molecule has 1 N–H and O–H groups in total. The van der Waals surface area contributed by atoms with Crippen molar-refractivity contribution >= 4 is 45.5 Å². The van der Waals surface area contributed by atoms with Crippen molar-refractivity contribution in [3.05, 3.63) is 95.3 Å². The van der Waals surface area contributed by atoms with Gasteiger partial charge in [-0.05, 0) is 56.3 Å². The number of rotatable bonds is 4. The van der Waals surface area contributed by atoms with E-state index in [9.17, 15) is 4.79 Å². The van der Waals surface area contributed by atoms with Gasteiger partial charge in [0.15, 0.2) is 0 Å². The monoisotopic (exact) mass is 401 g/mol. The van der Waals surface area contributed by atoms with E-state index in [1.807, 2.05) is 86.6 Å². The molecule has 29 heavy (non-hydrogen) atoms. The molecule has 4 nitrogen and oxygen atoms in total. The number of carbonyl (C=O) groups is 1. The molecule has 0 saturated carbocycles. The Morgan fingerprint density at radius 1 is 0.897 bits per heavy atom. The zero-order valence-electron chi connectivity index (χ0n) is 16.2. The van der Waals surface area contributed by atoms with E-state index in [0.29, 0.717) is 16.4 Å². The molecule has 4 aromatic rings. The number of carbonyl (C=O) groups excluding carboxylic acids is 1. The summed E-state index contributed by atoms with van der Waals surface area (Å²) in [5, 5.41) is 0.640. The highest BCUT2D eigenvalue weighted by Crippen LogP contribution is 2.29. The smallest absolute Gasteiger partial charge is 0.258 e. The van der Waals surface area contributed by atoms with Crippen molar-refractivity contribution in [2.75, 3.05) is 4.90 Å². The van der Waals surface area contributed by atoms with Crippen molar-refractivity contribution in [2.45, 2.75) is 13.8 Å². The van der Waals surface area contributed by atoms with Crippen LogP contribution in [0.2, 0.25) is 5.02 Å². The van der Waals surface area contributed by atoms with E-state index < -0.39 is 0 Å². The van der Waals surface area contributed by atoms with E-state index in [0.717, 1.165) is 28.0 Å². The molecule has 5 heteroatoms. The molecule has 0 unspecified atom stereocenters. The van der Waals surface area contributed by atoms with E-state index in [1.54, 1.807) is 11.0 Å². The number of fused-ring (bicyclic) bond motifs is 1. The molecule has 3 aromatic carbocycles. The van der Waals surface area contributed by atoms with Gasteiger partial charge in [0.05, 0.1) is 11.0 Å². The van der Waals surface area contributed by atoms with Gasteiger partial charge in [0.1, 0.15) is 5.82 Å². The second-order valence-electron chi connectivity index (χ2n) is 6.81. The Balaban J connectivity index is 1.78. The number of nitrogens with zero attached hydrogens (tertiary/aromatic N) is 2. The number of para-hydroxylation sites is 2. The summed E-state index contributed by atoms with van der Waals surface area (Å²) in [6, 6.07) is 24.8. The van der Waals surface area contributed by atoms with Gasteiger partial charge >= 0.3 is 0 Å². The summed E-state index contributed by atoms with van der Waals surface area (Å²) >= 11 is 6.08. The maximum Gasteiger partial charge on any atom is 0.258 e. The minimum absolute atomic E-state index is 0.0987. The van der Waals surface area contributed by atoms with Crippen molar-refractivity contribution in [2.24, 2.45) is 0 Å². The first-order valence-electron chi connectivity index (χ1n) is 9.32. The fraction of sp³-hybridized carbons (Fsp3) is 0.0833. The average molecular weight is 402 g/mol. The van der Waals surface area contributed by atoms with Gasteiger partial charge in [0, 0.05) is 27.5 Å². The van der Waals surface area contributed by atoms with Crippen LogP contribution >= 0.6 is 11.6 Å². The van der Waals surface area contributed by atoms with E-state index >= 15 is 0 Å². The van der Waals surface area contributed by atoms with Crippen molar-refractivity contribution in [3.63, 3.8) is 0 Å².